The number of nitrogens with one attached hydrogen (secondary N) is 2. The molecule has 0 bridgehead atoms. The number of carbonyl (C=O) groups is 2. The molecule has 144 valence electrons. The third-order valence-corrected chi connectivity index (χ3v) is 5.28. The van der Waals surface area contributed by atoms with Crippen molar-refractivity contribution < 1.29 is 9.59 Å². The minimum atomic E-state index is -0.293. The van der Waals surface area contributed by atoms with E-state index >= 15 is 0 Å². The number of anilines is 2. The third-order valence-electron chi connectivity index (χ3n) is 4.09. The van der Waals surface area contributed by atoms with Crippen LogP contribution in [0.15, 0.2) is 78.4 Å². The van der Waals surface area contributed by atoms with Gasteiger partial charge in [0.25, 0.3) is 11.8 Å². The maximum absolute atomic E-state index is 12.5. The second kappa shape index (κ2) is 8.30. The van der Waals surface area contributed by atoms with Crippen molar-refractivity contribution in [1.29, 1.82) is 0 Å². The Morgan fingerprint density at radius 3 is 2.24 bits per heavy atom. The summed E-state index contributed by atoms with van der Waals surface area (Å²) in [5.41, 5.74) is 2.35. The van der Waals surface area contributed by atoms with Crippen LogP contribution in [0.25, 0.3) is 5.69 Å². The molecule has 4 aromatic rings. The fourth-order valence-corrected chi connectivity index (χ4v) is 3.49. The van der Waals surface area contributed by atoms with Crippen LogP contribution in [0.5, 0.6) is 0 Å². The summed E-state index contributed by atoms with van der Waals surface area (Å²) in [5.74, 6) is -0.456. The van der Waals surface area contributed by atoms with Crippen LogP contribution >= 0.6 is 22.9 Å². The molecule has 2 amide bonds. The first-order chi connectivity index (χ1) is 14.1. The van der Waals surface area contributed by atoms with Crippen molar-refractivity contribution in [2.45, 2.75) is 0 Å². The molecule has 0 spiro atoms. The number of aromatic nitrogens is 2. The predicted octanol–water partition coefficient (Wildman–Crippen LogP) is 5.09. The van der Waals surface area contributed by atoms with Gasteiger partial charge in [-0.2, -0.15) is 5.10 Å². The van der Waals surface area contributed by atoms with E-state index in [9.17, 15) is 9.59 Å². The molecule has 29 heavy (non-hydrogen) atoms. The van der Waals surface area contributed by atoms with E-state index in [1.54, 1.807) is 47.3 Å². The molecule has 0 unspecified atom stereocenters. The second-order valence-electron chi connectivity index (χ2n) is 6.09. The van der Waals surface area contributed by atoms with Crippen molar-refractivity contribution in [1.82, 2.24) is 9.78 Å². The Balaban J connectivity index is 1.41. The Labute approximate surface area is 175 Å². The van der Waals surface area contributed by atoms with E-state index in [4.69, 9.17) is 11.6 Å². The van der Waals surface area contributed by atoms with Crippen LogP contribution in [0.1, 0.15) is 20.0 Å². The second-order valence-corrected chi connectivity index (χ2v) is 7.44. The number of halogens is 1. The number of thiophene rings is 1. The molecule has 0 saturated heterocycles. The molecule has 4 rings (SSSR count). The molecule has 2 heterocycles. The van der Waals surface area contributed by atoms with Gasteiger partial charge in [0, 0.05) is 17.6 Å². The zero-order valence-corrected chi connectivity index (χ0v) is 16.6. The summed E-state index contributed by atoms with van der Waals surface area (Å²) in [6.07, 6.45) is 3.10. The molecule has 2 N–H and O–H groups in total. The van der Waals surface area contributed by atoms with Gasteiger partial charge in [-0.15, -0.1) is 11.3 Å². The van der Waals surface area contributed by atoms with Crippen LogP contribution in [0.4, 0.5) is 11.4 Å². The smallest absolute Gasteiger partial charge is 0.265 e. The molecule has 0 aliphatic carbocycles. The summed E-state index contributed by atoms with van der Waals surface area (Å²) in [7, 11) is 0. The Kier molecular flexibility index (Phi) is 5.41. The first-order valence-electron chi connectivity index (χ1n) is 8.66. The molecule has 2 aromatic carbocycles. The van der Waals surface area contributed by atoms with Gasteiger partial charge in [-0.25, -0.2) is 4.68 Å². The largest absolute Gasteiger partial charge is 0.322 e. The Morgan fingerprint density at radius 2 is 1.59 bits per heavy atom. The molecular weight excluding hydrogens is 408 g/mol. The Morgan fingerprint density at radius 1 is 0.897 bits per heavy atom. The van der Waals surface area contributed by atoms with Crippen molar-refractivity contribution in [3.63, 3.8) is 0 Å². The molecule has 2 aromatic heterocycles. The van der Waals surface area contributed by atoms with E-state index in [0.717, 1.165) is 0 Å². The molecule has 0 fully saturated rings. The third kappa shape index (κ3) is 4.37. The average Bonchev–Trinajstić information content (AvgIpc) is 3.42. The number of benzene rings is 2. The highest BCUT2D eigenvalue weighted by Crippen LogP contribution is 2.20. The summed E-state index contributed by atoms with van der Waals surface area (Å²) in [6.45, 7) is 0. The summed E-state index contributed by atoms with van der Waals surface area (Å²) < 4.78 is 1.56. The number of para-hydroxylation sites is 1. The minimum absolute atomic E-state index is 0.163. The lowest BCUT2D eigenvalue weighted by atomic mass is 10.2. The number of nitrogens with zero attached hydrogens (tertiary/aromatic N) is 2. The van der Waals surface area contributed by atoms with Crippen molar-refractivity contribution in [3.8, 4) is 5.69 Å². The van der Waals surface area contributed by atoms with Gasteiger partial charge >= 0.3 is 0 Å². The van der Waals surface area contributed by atoms with Crippen molar-refractivity contribution >= 4 is 46.1 Å². The van der Waals surface area contributed by atoms with Gasteiger partial charge in [-0.05, 0) is 47.8 Å². The molecule has 8 heteroatoms. The number of carbonyl (C=O) groups excluding carboxylic acids is 2. The van der Waals surface area contributed by atoms with E-state index in [0.29, 0.717) is 32.5 Å². The minimum Gasteiger partial charge on any atom is -0.322 e. The van der Waals surface area contributed by atoms with Gasteiger partial charge in [0.1, 0.15) is 0 Å². The van der Waals surface area contributed by atoms with Gasteiger partial charge < -0.3 is 10.6 Å². The zero-order chi connectivity index (χ0) is 20.2. The monoisotopic (exact) mass is 422 g/mol. The highest BCUT2D eigenvalue weighted by Gasteiger charge is 2.12. The standard InChI is InChI=1S/C21H15ClN4O2S/c22-17-4-1-2-5-18(17)26-13-14(12-23-26)20(27)24-15-7-9-16(10-8-15)25-21(28)19-6-3-11-29-19/h1-13H,(H,24,27)(H,25,28). The van der Waals surface area contributed by atoms with Crippen LogP contribution in [0, 0.1) is 0 Å². The normalized spacial score (nSPS) is 10.5. The first kappa shape index (κ1) is 18.9. The molecular formula is C21H15ClN4O2S. The van der Waals surface area contributed by atoms with Gasteiger partial charge in [0.05, 0.1) is 27.3 Å². The lowest BCUT2D eigenvalue weighted by molar-refractivity contribution is 0.102. The van der Waals surface area contributed by atoms with Gasteiger partial charge in [0.15, 0.2) is 0 Å². The van der Waals surface area contributed by atoms with Crippen molar-refractivity contribution in [3.05, 3.63) is 93.9 Å². The SMILES string of the molecule is O=C(Nc1ccc(NC(=O)c2cccs2)cc1)c1cnn(-c2ccccc2Cl)c1. The van der Waals surface area contributed by atoms with Crippen molar-refractivity contribution in [2.24, 2.45) is 0 Å². The molecule has 0 radical (unpaired) electrons. The Bertz CT molecular complexity index is 1150. The lowest BCUT2D eigenvalue weighted by Crippen LogP contribution is -2.12. The summed E-state index contributed by atoms with van der Waals surface area (Å²) in [5, 5.41) is 12.2. The topological polar surface area (TPSA) is 76.0 Å². The van der Waals surface area contributed by atoms with Crippen LogP contribution in [-0.2, 0) is 0 Å². The molecule has 0 aliphatic rings. The molecule has 0 atom stereocenters. The molecule has 0 aliphatic heterocycles. The number of hydrogen-bond donors (Lipinski definition) is 2. The summed E-state index contributed by atoms with van der Waals surface area (Å²) in [4.78, 5) is 25.2. The van der Waals surface area contributed by atoms with E-state index in [1.165, 1.54) is 17.5 Å². The fourth-order valence-electron chi connectivity index (χ4n) is 2.65. The zero-order valence-electron chi connectivity index (χ0n) is 15.0. The number of rotatable bonds is 5. The van der Waals surface area contributed by atoms with Crippen molar-refractivity contribution in [2.75, 3.05) is 10.6 Å². The quantitative estimate of drug-likeness (QED) is 0.470. The number of hydrogen-bond acceptors (Lipinski definition) is 4. The van der Waals surface area contributed by atoms with Crippen LogP contribution in [-0.4, -0.2) is 21.6 Å². The first-order valence-corrected chi connectivity index (χ1v) is 9.92. The molecule has 6 nitrogen and oxygen atoms in total. The van der Waals surface area contributed by atoms with Crippen LogP contribution < -0.4 is 10.6 Å². The summed E-state index contributed by atoms with van der Waals surface area (Å²) in [6, 6.07) is 17.8. The van der Waals surface area contributed by atoms with E-state index in [-0.39, 0.29) is 11.8 Å². The van der Waals surface area contributed by atoms with Gasteiger partial charge in [-0.3, -0.25) is 9.59 Å². The Hall–Kier alpha value is -3.42. The maximum atomic E-state index is 12.5. The van der Waals surface area contributed by atoms with Gasteiger partial charge in [-0.1, -0.05) is 29.8 Å². The van der Waals surface area contributed by atoms with E-state index in [1.807, 2.05) is 29.6 Å². The van der Waals surface area contributed by atoms with Crippen LogP contribution in [0.3, 0.4) is 0 Å². The summed E-state index contributed by atoms with van der Waals surface area (Å²) >= 11 is 7.55. The number of amides is 2. The van der Waals surface area contributed by atoms with E-state index in [2.05, 4.69) is 15.7 Å². The fraction of sp³-hybridized carbons (Fsp3) is 0. The highest BCUT2D eigenvalue weighted by molar-refractivity contribution is 7.12. The highest BCUT2D eigenvalue weighted by atomic mass is 35.5. The predicted molar refractivity (Wildman–Crippen MR) is 115 cm³/mol. The van der Waals surface area contributed by atoms with Crippen LogP contribution in [0.2, 0.25) is 5.02 Å². The lowest BCUT2D eigenvalue weighted by Gasteiger charge is -2.07. The molecule has 0 saturated carbocycles. The maximum Gasteiger partial charge on any atom is 0.265 e. The van der Waals surface area contributed by atoms with Gasteiger partial charge in [0.2, 0.25) is 0 Å². The van der Waals surface area contributed by atoms with E-state index < -0.39 is 0 Å². The average molecular weight is 423 g/mol.